The summed E-state index contributed by atoms with van der Waals surface area (Å²) in [4.78, 5) is 47.7. The van der Waals surface area contributed by atoms with Crippen molar-refractivity contribution in [2.24, 2.45) is 0 Å². The van der Waals surface area contributed by atoms with Gasteiger partial charge in [-0.2, -0.15) is 0 Å². The lowest BCUT2D eigenvalue weighted by atomic mass is 10.1. The molecule has 5 aromatic rings. The van der Waals surface area contributed by atoms with Gasteiger partial charge in [0.15, 0.2) is 11.4 Å². The second kappa shape index (κ2) is 17.3. The van der Waals surface area contributed by atoms with E-state index in [4.69, 9.17) is 27.9 Å². The van der Waals surface area contributed by atoms with E-state index in [1.165, 1.54) is 11.0 Å². The minimum absolute atomic E-state index is 0. The largest absolute Gasteiger partial charge is 0.485 e. The molecule has 0 unspecified atom stereocenters. The molecule has 0 aliphatic rings. The molecule has 0 atom stereocenters. The second-order valence-electron chi connectivity index (χ2n) is 10.0. The summed E-state index contributed by atoms with van der Waals surface area (Å²) in [6.45, 7) is 1.65. The van der Waals surface area contributed by atoms with E-state index in [2.05, 4.69) is 36.5 Å². The number of nitrogens with zero attached hydrogens (tertiary/aromatic N) is 4. The number of anilines is 2. The van der Waals surface area contributed by atoms with Crippen molar-refractivity contribution in [3.8, 4) is 5.75 Å². The number of hydrogen-bond acceptors (Lipinski definition) is 6. The van der Waals surface area contributed by atoms with E-state index in [0.717, 1.165) is 10.3 Å². The highest BCUT2D eigenvalue weighted by Crippen LogP contribution is 2.35. The number of amides is 3. The molecular formula is C33H29BrCl4N6O4. The number of imidazole rings is 1. The van der Waals surface area contributed by atoms with Crippen molar-refractivity contribution in [3.05, 3.63) is 122 Å². The van der Waals surface area contributed by atoms with Crippen molar-refractivity contribution >= 4 is 105 Å². The molecule has 2 aromatic carbocycles. The number of aromatic nitrogens is 3. The molecular weight excluding hydrogens is 766 g/mol. The Morgan fingerprint density at radius 3 is 2.44 bits per heavy atom. The van der Waals surface area contributed by atoms with Crippen molar-refractivity contribution in [2.45, 2.75) is 13.5 Å². The van der Waals surface area contributed by atoms with Crippen LogP contribution in [-0.4, -0.2) is 45.7 Å². The Bertz CT molecular complexity index is 1960. The predicted octanol–water partition coefficient (Wildman–Crippen LogP) is 7.57. The lowest BCUT2D eigenvalue weighted by Crippen LogP contribution is -2.37. The van der Waals surface area contributed by atoms with Gasteiger partial charge in [-0.25, -0.2) is 4.98 Å². The minimum atomic E-state index is -0.465. The minimum Gasteiger partial charge on any atom is -0.485 e. The Morgan fingerprint density at radius 2 is 1.73 bits per heavy atom. The number of nitrogens with one attached hydrogen (secondary N) is 2. The third-order valence-electron chi connectivity index (χ3n) is 6.94. The van der Waals surface area contributed by atoms with Gasteiger partial charge in [0.2, 0.25) is 11.8 Å². The third kappa shape index (κ3) is 9.06. The number of likely N-dealkylation sites (N-methyl/N-ethyl adjacent to an activating group) is 1. The van der Waals surface area contributed by atoms with Crippen LogP contribution in [0.3, 0.4) is 0 Å². The predicted molar refractivity (Wildman–Crippen MR) is 197 cm³/mol. The molecule has 0 saturated heterocycles. The van der Waals surface area contributed by atoms with Crippen molar-refractivity contribution in [2.75, 3.05) is 23.8 Å². The topological polar surface area (TPSA) is 118 Å². The number of benzene rings is 2. The fraction of sp³-hybridized carbons (Fsp3) is 0.121. The van der Waals surface area contributed by atoms with E-state index in [1.807, 2.05) is 23.6 Å². The Morgan fingerprint density at radius 1 is 1.02 bits per heavy atom. The van der Waals surface area contributed by atoms with E-state index in [9.17, 15) is 14.4 Å². The number of carbonyl (C=O) groups is 3. The Balaban J connectivity index is 0.00000312. The number of aryl methyl sites for hydroxylation is 1. The van der Waals surface area contributed by atoms with E-state index in [0.29, 0.717) is 44.5 Å². The van der Waals surface area contributed by atoms with Gasteiger partial charge in [0.1, 0.15) is 11.2 Å². The SMILES string of the molecule is Cc1nc2c(OCc3c(Cl)ccc(N(C)C(=O)CNC(=O)/C=C/c4ccc(C(=O)Nc5ccncc5)cc4)c3Cl)cccn2c1Br.Cl.Cl. The fourth-order valence-electron chi connectivity index (χ4n) is 4.40. The van der Waals surface area contributed by atoms with Gasteiger partial charge in [-0.05, 0) is 83.0 Å². The maximum absolute atomic E-state index is 13.0. The van der Waals surface area contributed by atoms with Crippen molar-refractivity contribution in [1.82, 2.24) is 19.7 Å². The van der Waals surface area contributed by atoms with Crippen molar-refractivity contribution < 1.29 is 19.1 Å². The van der Waals surface area contributed by atoms with E-state index >= 15 is 0 Å². The molecule has 3 aromatic heterocycles. The summed E-state index contributed by atoms with van der Waals surface area (Å²) in [6.07, 6.45) is 7.94. The summed E-state index contributed by atoms with van der Waals surface area (Å²) in [5.41, 5.74) is 4.15. The van der Waals surface area contributed by atoms with Gasteiger partial charge >= 0.3 is 0 Å². The highest BCUT2D eigenvalue weighted by molar-refractivity contribution is 9.10. The van der Waals surface area contributed by atoms with Crippen molar-refractivity contribution in [1.29, 1.82) is 0 Å². The molecule has 0 spiro atoms. The molecule has 10 nitrogen and oxygen atoms in total. The molecule has 0 saturated carbocycles. The number of halogens is 5. The number of ether oxygens (including phenoxy) is 1. The van der Waals surface area contributed by atoms with Gasteiger partial charge in [0.25, 0.3) is 5.91 Å². The molecule has 0 aliphatic carbocycles. The van der Waals surface area contributed by atoms with Crippen LogP contribution in [0.1, 0.15) is 27.2 Å². The molecule has 0 radical (unpaired) electrons. The second-order valence-corrected chi connectivity index (χ2v) is 11.6. The lowest BCUT2D eigenvalue weighted by Gasteiger charge is -2.21. The zero-order valence-corrected chi connectivity index (χ0v) is 30.2. The quantitative estimate of drug-likeness (QED) is 0.141. The summed E-state index contributed by atoms with van der Waals surface area (Å²) in [7, 11) is 1.56. The normalized spacial score (nSPS) is 10.6. The smallest absolute Gasteiger partial charge is 0.255 e. The van der Waals surface area contributed by atoms with Crippen LogP contribution < -0.4 is 20.3 Å². The third-order valence-corrected chi connectivity index (χ3v) is 8.67. The summed E-state index contributed by atoms with van der Waals surface area (Å²) >= 11 is 16.7. The first kappa shape index (κ1) is 38.3. The first-order valence-corrected chi connectivity index (χ1v) is 15.4. The van der Waals surface area contributed by atoms with Gasteiger partial charge < -0.3 is 20.3 Å². The van der Waals surface area contributed by atoms with E-state index in [1.54, 1.807) is 80.1 Å². The molecule has 0 fully saturated rings. The Hall–Kier alpha value is -4.13. The average Bonchev–Trinajstić information content (AvgIpc) is 3.36. The van der Waals surface area contributed by atoms with Crippen LogP contribution in [0.5, 0.6) is 5.75 Å². The lowest BCUT2D eigenvalue weighted by molar-refractivity contribution is -0.122. The van der Waals surface area contributed by atoms with Crippen LogP contribution in [0.2, 0.25) is 10.0 Å². The number of carbonyl (C=O) groups excluding carboxylic acids is 3. The van der Waals surface area contributed by atoms with Crippen LogP contribution in [0.4, 0.5) is 11.4 Å². The molecule has 15 heteroatoms. The zero-order valence-electron chi connectivity index (χ0n) is 25.4. The zero-order chi connectivity index (χ0) is 32.8. The summed E-state index contributed by atoms with van der Waals surface area (Å²) in [5, 5.41) is 5.99. The number of pyridine rings is 2. The average molecular weight is 795 g/mol. The maximum Gasteiger partial charge on any atom is 0.255 e. The van der Waals surface area contributed by atoms with E-state index < -0.39 is 11.8 Å². The summed E-state index contributed by atoms with van der Waals surface area (Å²) in [5.74, 6) is -0.591. The monoisotopic (exact) mass is 792 g/mol. The number of fused-ring (bicyclic) bond motifs is 1. The molecule has 0 bridgehead atoms. The van der Waals surface area contributed by atoms with Crippen LogP contribution in [0.25, 0.3) is 11.7 Å². The summed E-state index contributed by atoms with van der Waals surface area (Å²) in [6, 6.07) is 17.0. The number of hydrogen-bond donors (Lipinski definition) is 2. The summed E-state index contributed by atoms with van der Waals surface area (Å²) < 4.78 is 8.74. The van der Waals surface area contributed by atoms with Gasteiger partial charge in [-0.15, -0.1) is 24.8 Å². The first-order valence-electron chi connectivity index (χ1n) is 13.9. The molecule has 250 valence electrons. The van der Waals surface area contributed by atoms with Crippen LogP contribution >= 0.6 is 63.9 Å². The molecule has 2 N–H and O–H groups in total. The first-order chi connectivity index (χ1) is 22.1. The molecule has 5 rings (SSSR count). The van der Waals surface area contributed by atoms with Gasteiger partial charge in [0.05, 0.1) is 22.9 Å². The van der Waals surface area contributed by atoms with Crippen LogP contribution in [-0.2, 0) is 16.2 Å². The highest BCUT2D eigenvalue weighted by atomic mass is 79.9. The van der Waals surface area contributed by atoms with Crippen LogP contribution in [0, 0.1) is 6.92 Å². The Kier molecular flexibility index (Phi) is 13.8. The fourth-order valence-corrected chi connectivity index (χ4v) is 5.38. The van der Waals surface area contributed by atoms with Gasteiger partial charge in [-0.3, -0.25) is 23.8 Å². The standard InChI is InChI=1S/C33H27BrCl2N6O4.2ClH/c1-20-31(34)42-17-3-4-27(32(42)39-20)46-19-24-25(35)10-11-26(30(24)36)41(2)29(44)18-38-28(43)12-7-21-5-8-22(9-6-21)33(45)40-23-13-15-37-16-14-23;;/h3-17H,18-19H2,1-2H3,(H,38,43)(H,37,40,45);2*1H/b12-7+;;. The highest BCUT2D eigenvalue weighted by Gasteiger charge is 2.20. The molecule has 3 heterocycles. The molecule has 48 heavy (non-hydrogen) atoms. The molecule has 0 aliphatic heterocycles. The van der Waals surface area contributed by atoms with Crippen molar-refractivity contribution in [3.63, 3.8) is 0 Å². The molecule has 3 amide bonds. The number of rotatable bonds is 10. The van der Waals surface area contributed by atoms with Crippen LogP contribution in [0.15, 0.2) is 89.9 Å². The van der Waals surface area contributed by atoms with Gasteiger partial charge in [-0.1, -0.05) is 35.3 Å². The maximum atomic E-state index is 13.0. The van der Waals surface area contributed by atoms with Gasteiger partial charge in [0, 0.05) is 53.6 Å². The van der Waals surface area contributed by atoms with E-state index in [-0.39, 0.29) is 48.9 Å². The Labute approximate surface area is 307 Å².